The molecule has 0 saturated carbocycles. The van der Waals surface area contributed by atoms with Crippen LogP contribution in [-0.2, 0) is 13.0 Å². The van der Waals surface area contributed by atoms with Gasteiger partial charge in [-0.15, -0.1) is 0 Å². The highest BCUT2D eigenvalue weighted by molar-refractivity contribution is 7.06. The van der Waals surface area contributed by atoms with Crippen molar-refractivity contribution in [3.05, 3.63) is 34.7 Å². The number of ether oxygens (including phenoxy) is 1. The lowest BCUT2D eigenvalue weighted by molar-refractivity contribution is 0.410. The Morgan fingerprint density at radius 3 is 2.76 bits per heavy atom. The van der Waals surface area contributed by atoms with E-state index in [1.54, 1.807) is 7.11 Å². The van der Waals surface area contributed by atoms with Gasteiger partial charge in [-0.05, 0) is 47.8 Å². The molecule has 2 rings (SSSR count). The summed E-state index contributed by atoms with van der Waals surface area (Å²) in [5.74, 6) is 0.936. The minimum Gasteiger partial charge on any atom is -0.496 e. The first-order valence-electron chi connectivity index (χ1n) is 5.61. The molecule has 0 aliphatic rings. The Hall–Kier alpha value is -1.39. The number of methoxy groups -OCH3 is 1. The van der Waals surface area contributed by atoms with E-state index in [2.05, 4.69) is 17.4 Å². The van der Waals surface area contributed by atoms with Crippen LogP contribution in [0.5, 0.6) is 5.75 Å². The second-order valence-corrected chi connectivity index (χ2v) is 4.65. The van der Waals surface area contributed by atoms with Crippen LogP contribution in [0.1, 0.15) is 17.4 Å². The van der Waals surface area contributed by atoms with Crippen LogP contribution in [0.25, 0.3) is 11.3 Å². The zero-order valence-electron chi connectivity index (χ0n) is 10.1. The molecule has 0 bridgehead atoms. The van der Waals surface area contributed by atoms with Gasteiger partial charge in [0.1, 0.15) is 5.75 Å². The smallest absolute Gasteiger partial charge is 0.122 e. The van der Waals surface area contributed by atoms with E-state index >= 15 is 0 Å². The fraction of sp³-hybridized carbons (Fsp3) is 0.308. The summed E-state index contributed by atoms with van der Waals surface area (Å²) in [6.45, 7) is 2.67. The predicted octanol–water partition coefficient (Wildman–Crippen LogP) is 2.84. The van der Waals surface area contributed by atoms with Crippen LogP contribution in [0.4, 0.5) is 0 Å². The second kappa shape index (κ2) is 5.29. The van der Waals surface area contributed by atoms with Gasteiger partial charge >= 0.3 is 0 Å². The highest BCUT2D eigenvalue weighted by Gasteiger charge is 2.07. The van der Waals surface area contributed by atoms with Crippen LogP contribution in [0.2, 0.25) is 0 Å². The molecular formula is C13H16N2OS. The molecule has 0 radical (unpaired) electrons. The fourth-order valence-electron chi connectivity index (χ4n) is 1.76. The van der Waals surface area contributed by atoms with Crippen LogP contribution in [0.3, 0.4) is 0 Å². The zero-order valence-corrected chi connectivity index (χ0v) is 10.9. The lowest BCUT2D eigenvalue weighted by Crippen LogP contribution is -1.92. The van der Waals surface area contributed by atoms with Gasteiger partial charge in [0.25, 0.3) is 0 Å². The van der Waals surface area contributed by atoms with Crippen LogP contribution in [0.15, 0.2) is 24.3 Å². The zero-order chi connectivity index (χ0) is 12.3. The van der Waals surface area contributed by atoms with Gasteiger partial charge in [-0.1, -0.05) is 6.92 Å². The molecule has 1 aromatic carbocycles. The van der Waals surface area contributed by atoms with Gasteiger partial charge in [0.15, 0.2) is 0 Å². The first-order valence-corrected chi connectivity index (χ1v) is 6.38. The summed E-state index contributed by atoms with van der Waals surface area (Å²) in [6.07, 6.45) is 0.949. The monoisotopic (exact) mass is 248 g/mol. The maximum Gasteiger partial charge on any atom is 0.122 e. The maximum atomic E-state index is 5.59. The topological polar surface area (TPSA) is 48.1 Å². The first-order chi connectivity index (χ1) is 8.28. The van der Waals surface area contributed by atoms with E-state index in [0.717, 1.165) is 28.3 Å². The summed E-state index contributed by atoms with van der Waals surface area (Å²) in [4.78, 5) is 1.11. The number of hydrogen-bond donors (Lipinski definition) is 1. The molecule has 1 aromatic heterocycles. The highest BCUT2D eigenvalue weighted by atomic mass is 32.1. The van der Waals surface area contributed by atoms with E-state index in [-0.39, 0.29) is 0 Å². The molecule has 0 amide bonds. The molecule has 2 N–H and O–H groups in total. The molecule has 3 nitrogen and oxygen atoms in total. The van der Waals surface area contributed by atoms with Crippen molar-refractivity contribution in [2.45, 2.75) is 19.9 Å². The average molecular weight is 248 g/mol. The number of rotatable bonds is 4. The van der Waals surface area contributed by atoms with E-state index < -0.39 is 0 Å². The molecule has 0 fully saturated rings. The summed E-state index contributed by atoms with van der Waals surface area (Å²) in [7, 11) is 1.70. The van der Waals surface area contributed by atoms with Gasteiger partial charge in [-0.2, -0.15) is 4.37 Å². The highest BCUT2D eigenvalue weighted by Crippen LogP contribution is 2.27. The van der Waals surface area contributed by atoms with Crippen LogP contribution in [0, 0.1) is 0 Å². The van der Waals surface area contributed by atoms with Gasteiger partial charge in [0.2, 0.25) is 0 Å². The number of hydrogen-bond acceptors (Lipinski definition) is 4. The number of nitrogens with zero attached hydrogens (tertiary/aromatic N) is 1. The molecule has 0 unspecified atom stereocenters. The lowest BCUT2D eigenvalue weighted by Gasteiger charge is -2.07. The van der Waals surface area contributed by atoms with Crippen LogP contribution >= 0.6 is 11.5 Å². The van der Waals surface area contributed by atoms with Crippen molar-refractivity contribution in [3.63, 3.8) is 0 Å². The Kier molecular flexibility index (Phi) is 3.76. The van der Waals surface area contributed by atoms with E-state index in [1.165, 1.54) is 17.1 Å². The average Bonchev–Trinajstić information content (AvgIpc) is 2.86. The molecule has 1 heterocycles. The third-order valence-electron chi connectivity index (χ3n) is 2.72. The van der Waals surface area contributed by atoms with Crippen LogP contribution < -0.4 is 10.5 Å². The summed E-state index contributed by atoms with van der Waals surface area (Å²) in [5.41, 5.74) is 8.91. The molecule has 90 valence electrons. The molecule has 2 aromatic rings. The second-order valence-electron chi connectivity index (χ2n) is 3.76. The molecule has 0 saturated heterocycles. The fourth-order valence-corrected chi connectivity index (χ4v) is 2.37. The van der Waals surface area contributed by atoms with Crippen molar-refractivity contribution in [1.82, 2.24) is 4.37 Å². The van der Waals surface area contributed by atoms with E-state index in [0.29, 0.717) is 6.54 Å². The van der Waals surface area contributed by atoms with Crippen molar-refractivity contribution in [2.24, 2.45) is 5.73 Å². The molecule has 0 aliphatic carbocycles. The van der Waals surface area contributed by atoms with E-state index in [9.17, 15) is 0 Å². The molecule has 0 atom stereocenters. The summed E-state index contributed by atoms with van der Waals surface area (Å²) < 4.78 is 9.72. The standard InChI is InChI=1S/C13H16N2OS/c1-3-9-6-10(4-5-13(9)16-2)12-7-11(8-14)17-15-12/h4-7H,3,8,14H2,1-2H3. The predicted molar refractivity (Wildman–Crippen MR) is 71.4 cm³/mol. The Balaban J connectivity index is 2.38. The Bertz CT molecular complexity index is 508. The first kappa shape index (κ1) is 12.1. The summed E-state index contributed by atoms with van der Waals surface area (Å²) in [6, 6.07) is 8.21. The third kappa shape index (κ3) is 2.48. The van der Waals surface area contributed by atoms with Gasteiger partial charge in [0.05, 0.1) is 12.8 Å². The van der Waals surface area contributed by atoms with E-state index in [4.69, 9.17) is 10.5 Å². The van der Waals surface area contributed by atoms with E-state index in [1.807, 2.05) is 18.2 Å². The van der Waals surface area contributed by atoms with Gasteiger partial charge < -0.3 is 10.5 Å². The normalized spacial score (nSPS) is 10.5. The number of aryl methyl sites for hydroxylation is 1. The summed E-state index contributed by atoms with van der Waals surface area (Å²) >= 11 is 1.46. The van der Waals surface area contributed by atoms with Crippen LogP contribution in [-0.4, -0.2) is 11.5 Å². The van der Waals surface area contributed by atoms with Crippen molar-refractivity contribution in [3.8, 4) is 17.0 Å². The largest absolute Gasteiger partial charge is 0.496 e. The maximum absolute atomic E-state index is 5.59. The van der Waals surface area contributed by atoms with Gasteiger partial charge in [-0.25, -0.2) is 0 Å². The Labute approximate surface area is 105 Å². The van der Waals surface area contributed by atoms with Gasteiger partial charge in [0, 0.05) is 17.0 Å². The quantitative estimate of drug-likeness (QED) is 0.905. The molecule has 4 heteroatoms. The minimum atomic E-state index is 0.550. The number of nitrogens with two attached hydrogens (primary N) is 1. The number of benzene rings is 1. The minimum absolute atomic E-state index is 0.550. The van der Waals surface area contributed by atoms with Crippen molar-refractivity contribution in [2.75, 3.05) is 7.11 Å². The molecule has 0 aliphatic heterocycles. The van der Waals surface area contributed by atoms with Gasteiger partial charge in [-0.3, -0.25) is 0 Å². The molecular weight excluding hydrogens is 232 g/mol. The Morgan fingerprint density at radius 1 is 1.35 bits per heavy atom. The summed E-state index contributed by atoms with van der Waals surface area (Å²) in [5, 5.41) is 0. The van der Waals surface area contributed by atoms with Crippen molar-refractivity contribution < 1.29 is 4.74 Å². The van der Waals surface area contributed by atoms with Crippen molar-refractivity contribution in [1.29, 1.82) is 0 Å². The molecule has 17 heavy (non-hydrogen) atoms. The van der Waals surface area contributed by atoms with Crippen molar-refractivity contribution >= 4 is 11.5 Å². The molecule has 0 spiro atoms. The SMILES string of the molecule is CCc1cc(-c2cc(CN)sn2)ccc1OC. The lowest BCUT2D eigenvalue weighted by atomic mass is 10.1. The Morgan fingerprint density at radius 2 is 2.18 bits per heavy atom. The number of aromatic nitrogens is 1. The third-order valence-corrected chi connectivity index (χ3v) is 3.52.